The molecule has 2 aromatic rings. The molecule has 0 unspecified atom stereocenters. The number of phenols is 1. The summed E-state index contributed by atoms with van der Waals surface area (Å²) in [6, 6.07) is 11.1. The number of benzene rings is 2. The molecule has 4 N–H and O–H groups in total. The average molecular weight is 386 g/mol. The molecule has 7 nitrogen and oxygen atoms in total. The zero-order chi connectivity index (χ0) is 19.4. The smallest absolute Gasteiger partial charge is 0.339 e. The van der Waals surface area contributed by atoms with Crippen LogP contribution >= 0.6 is 11.8 Å². The van der Waals surface area contributed by atoms with E-state index in [0.717, 1.165) is 23.4 Å². The summed E-state index contributed by atoms with van der Waals surface area (Å²) in [5, 5.41) is 23.9. The molecular formula is C19H18N2O5S. The van der Waals surface area contributed by atoms with Gasteiger partial charge >= 0.3 is 5.97 Å². The largest absolute Gasteiger partial charge is 0.507 e. The first-order chi connectivity index (χ1) is 12.9. The zero-order valence-electron chi connectivity index (χ0n) is 14.3. The third-order valence-corrected chi connectivity index (χ3v) is 4.96. The van der Waals surface area contributed by atoms with Gasteiger partial charge in [-0.2, -0.15) is 0 Å². The minimum atomic E-state index is -1.27. The quantitative estimate of drug-likeness (QED) is 0.429. The fourth-order valence-corrected chi connectivity index (χ4v) is 3.05. The number of nitrogens with one attached hydrogen (secondary N) is 2. The van der Waals surface area contributed by atoms with E-state index >= 15 is 0 Å². The van der Waals surface area contributed by atoms with Crippen LogP contribution in [0.25, 0.3) is 0 Å². The van der Waals surface area contributed by atoms with E-state index in [0.29, 0.717) is 5.69 Å². The van der Waals surface area contributed by atoms with Crippen molar-refractivity contribution in [1.82, 2.24) is 0 Å². The van der Waals surface area contributed by atoms with Gasteiger partial charge in [0.15, 0.2) is 0 Å². The Balaban J connectivity index is 1.50. The van der Waals surface area contributed by atoms with E-state index in [1.807, 2.05) is 12.1 Å². The van der Waals surface area contributed by atoms with Crippen molar-refractivity contribution in [3.8, 4) is 5.75 Å². The number of rotatable bonds is 7. The summed E-state index contributed by atoms with van der Waals surface area (Å²) in [4.78, 5) is 35.6. The van der Waals surface area contributed by atoms with Crippen LogP contribution in [0.15, 0.2) is 47.4 Å². The third-order valence-electron chi connectivity index (χ3n) is 3.95. The van der Waals surface area contributed by atoms with Crippen molar-refractivity contribution >= 4 is 40.9 Å². The Bertz CT molecular complexity index is 878. The summed E-state index contributed by atoms with van der Waals surface area (Å²) < 4.78 is 0. The molecule has 0 spiro atoms. The number of aromatic hydroxyl groups is 1. The normalized spacial score (nSPS) is 13.0. The highest BCUT2D eigenvalue weighted by Crippen LogP contribution is 2.30. The van der Waals surface area contributed by atoms with E-state index in [2.05, 4.69) is 10.6 Å². The maximum Gasteiger partial charge on any atom is 0.339 e. The van der Waals surface area contributed by atoms with Gasteiger partial charge in [0.2, 0.25) is 11.8 Å². The molecule has 8 heteroatoms. The summed E-state index contributed by atoms with van der Waals surface area (Å²) in [5.74, 6) is -1.60. The van der Waals surface area contributed by atoms with Gasteiger partial charge in [-0.3, -0.25) is 9.59 Å². The van der Waals surface area contributed by atoms with E-state index < -0.39 is 5.97 Å². The summed E-state index contributed by atoms with van der Waals surface area (Å²) in [6.45, 7) is 0. The van der Waals surface area contributed by atoms with Gasteiger partial charge < -0.3 is 20.8 Å². The van der Waals surface area contributed by atoms with E-state index in [4.69, 9.17) is 5.11 Å². The van der Waals surface area contributed by atoms with Crippen LogP contribution < -0.4 is 10.6 Å². The van der Waals surface area contributed by atoms with Gasteiger partial charge in [-0.1, -0.05) is 0 Å². The van der Waals surface area contributed by atoms with Gasteiger partial charge in [0.1, 0.15) is 11.3 Å². The van der Waals surface area contributed by atoms with E-state index in [9.17, 15) is 19.5 Å². The number of carbonyl (C=O) groups excluding carboxylic acids is 2. The van der Waals surface area contributed by atoms with Crippen LogP contribution in [-0.2, 0) is 9.59 Å². The first-order valence-corrected chi connectivity index (χ1v) is 9.31. The van der Waals surface area contributed by atoms with Crippen LogP contribution in [0.3, 0.4) is 0 Å². The molecule has 1 aliphatic carbocycles. The Morgan fingerprint density at radius 2 is 1.67 bits per heavy atom. The topological polar surface area (TPSA) is 116 Å². The Morgan fingerprint density at radius 1 is 1.00 bits per heavy atom. The molecule has 0 bridgehead atoms. The third kappa shape index (κ3) is 5.24. The number of anilines is 2. The van der Waals surface area contributed by atoms with Crippen molar-refractivity contribution in [1.29, 1.82) is 0 Å². The maximum absolute atomic E-state index is 12.0. The molecule has 2 amide bonds. The van der Waals surface area contributed by atoms with Crippen LogP contribution in [0.1, 0.15) is 23.2 Å². The lowest BCUT2D eigenvalue weighted by molar-refractivity contribution is -0.117. The van der Waals surface area contributed by atoms with Crippen LogP contribution in [0.4, 0.5) is 11.4 Å². The first-order valence-electron chi connectivity index (χ1n) is 8.32. The lowest BCUT2D eigenvalue weighted by atomic mass is 10.2. The molecule has 0 radical (unpaired) electrons. The van der Waals surface area contributed by atoms with Crippen LogP contribution in [0.5, 0.6) is 5.75 Å². The fraction of sp³-hybridized carbons (Fsp3) is 0.211. The van der Waals surface area contributed by atoms with Crippen molar-refractivity contribution in [3.05, 3.63) is 48.0 Å². The van der Waals surface area contributed by atoms with Gasteiger partial charge in [-0.15, -0.1) is 11.8 Å². The zero-order valence-corrected chi connectivity index (χ0v) is 15.1. The van der Waals surface area contributed by atoms with Crippen LogP contribution in [-0.4, -0.2) is 33.7 Å². The SMILES string of the molecule is O=C(CSc1ccc(NC(=O)C2CC2)cc1)Nc1ccc(O)c(C(=O)O)c1. The highest BCUT2D eigenvalue weighted by Gasteiger charge is 2.29. The number of hydrogen-bond acceptors (Lipinski definition) is 5. The number of thioether (sulfide) groups is 1. The number of amides is 2. The van der Waals surface area contributed by atoms with Gasteiger partial charge in [0.25, 0.3) is 0 Å². The van der Waals surface area contributed by atoms with Gasteiger partial charge in [-0.05, 0) is 55.3 Å². The van der Waals surface area contributed by atoms with E-state index in [-0.39, 0.29) is 34.8 Å². The summed E-state index contributed by atoms with van der Waals surface area (Å²) in [5.41, 5.74) is 0.754. The number of carboxylic acid groups (broad SMARTS) is 1. The number of hydrogen-bond donors (Lipinski definition) is 4. The van der Waals surface area contributed by atoms with E-state index in [1.165, 1.54) is 30.0 Å². The van der Waals surface area contributed by atoms with Crippen molar-refractivity contribution in [2.75, 3.05) is 16.4 Å². The molecule has 3 rings (SSSR count). The highest BCUT2D eigenvalue weighted by molar-refractivity contribution is 8.00. The molecule has 140 valence electrons. The average Bonchev–Trinajstić information content (AvgIpc) is 3.48. The second-order valence-corrected chi connectivity index (χ2v) is 7.21. The molecule has 0 aromatic heterocycles. The lowest BCUT2D eigenvalue weighted by Crippen LogP contribution is -2.14. The van der Waals surface area contributed by atoms with Gasteiger partial charge in [-0.25, -0.2) is 4.79 Å². The van der Waals surface area contributed by atoms with Crippen molar-refractivity contribution in [2.24, 2.45) is 5.92 Å². The second-order valence-electron chi connectivity index (χ2n) is 6.16. The molecule has 0 heterocycles. The monoisotopic (exact) mass is 386 g/mol. The summed E-state index contributed by atoms with van der Waals surface area (Å²) >= 11 is 1.32. The number of carboxylic acids is 1. The highest BCUT2D eigenvalue weighted by atomic mass is 32.2. The van der Waals surface area contributed by atoms with Crippen LogP contribution in [0, 0.1) is 5.92 Å². The predicted octanol–water partition coefficient (Wildman–Crippen LogP) is 3.17. The van der Waals surface area contributed by atoms with Gasteiger partial charge in [0.05, 0.1) is 5.75 Å². The molecule has 1 aliphatic rings. The van der Waals surface area contributed by atoms with Crippen molar-refractivity contribution in [2.45, 2.75) is 17.7 Å². The Labute approximate surface area is 159 Å². The molecule has 0 saturated heterocycles. The predicted molar refractivity (Wildman–Crippen MR) is 102 cm³/mol. The maximum atomic E-state index is 12.0. The molecule has 0 atom stereocenters. The standard InChI is InChI=1S/C19H18N2O5S/c22-16-8-5-13(9-15(16)19(25)26)20-17(23)10-27-14-6-3-12(4-7-14)21-18(24)11-1-2-11/h3-9,11,22H,1-2,10H2,(H,20,23)(H,21,24)(H,25,26). The lowest BCUT2D eigenvalue weighted by Gasteiger charge is -2.08. The Hall–Kier alpha value is -3.00. The molecule has 1 saturated carbocycles. The molecule has 27 heavy (non-hydrogen) atoms. The van der Waals surface area contributed by atoms with Crippen LogP contribution in [0.2, 0.25) is 0 Å². The molecule has 0 aliphatic heterocycles. The van der Waals surface area contributed by atoms with Crippen molar-refractivity contribution in [3.63, 3.8) is 0 Å². The Morgan fingerprint density at radius 3 is 2.30 bits per heavy atom. The van der Waals surface area contributed by atoms with Gasteiger partial charge in [0, 0.05) is 22.2 Å². The number of carbonyl (C=O) groups is 3. The van der Waals surface area contributed by atoms with Crippen molar-refractivity contribution < 1.29 is 24.6 Å². The Kier molecular flexibility index (Phi) is 5.66. The molecule has 1 fully saturated rings. The van der Waals surface area contributed by atoms with E-state index in [1.54, 1.807) is 12.1 Å². The minimum absolute atomic E-state index is 0.0457. The summed E-state index contributed by atoms with van der Waals surface area (Å²) in [6.07, 6.45) is 1.90. The number of aromatic carboxylic acids is 1. The minimum Gasteiger partial charge on any atom is -0.507 e. The molecular weight excluding hydrogens is 368 g/mol. The first kappa shape index (κ1) is 18.8. The summed E-state index contributed by atoms with van der Waals surface area (Å²) in [7, 11) is 0. The fourth-order valence-electron chi connectivity index (χ4n) is 2.36. The second kappa shape index (κ2) is 8.13. The molecule has 2 aromatic carbocycles.